The first-order chi connectivity index (χ1) is 11.0. The van der Waals surface area contributed by atoms with E-state index in [2.05, 4.69) is 9.97 Å². The Hall–Kier alpha value is -2.16. The van der Waals surface area contributed by atoms with Gasteiger partial charge in [0, 0.05) is 6.42 Å². The lowest BCUT2D eigenvalue weighted by molar-refractivity contribution is -0.180. The van der Waals surface area contributed by atoms with Crippen LogP contribution < -0.4 is 14.2 Å². The minimum absolute atomic E-state index is 0.0563. The number of methoxy groups -OCH3 is 2. The van der Waals surface area contributed by atoms with Crippen LogP contribution in [0.2, 0.25) is 0 Å². The zero-order valence-corrected chi connectivity index (χ0v) is 13.2. The molecule has 0 saturated carbocycles. The summed E-state index contributed by atoms with van der Waals surface area (Å²) in [4.78, 5) is 19.9. The van der Waals surface area contributed by atoms with Gasteiger partial charge < -0.3 is 23.7 Å². The number of halogens is 1. The molecule has 128 valence electrons. The lowest BCUT2D eigenvalue weighted by Gasteiger charge is -2.34. The van der Waals surface area contributed by atoms with E-state index in [1.807, 2.05) is 0 Å². The van der Waals surface area contributed by atoms with Crippen LogP contribution in [0.3, 0.4) is 0 Å². The Bertz CT molecular complexity index is 536. The van der Waals surface area contributed by atoms with Crippen molar-refractivity contribution < 1.29 is 32.9 Å². The van der Waals surface area contributed by atoms with E-state index in [0.717, 1.165) is 0 Å². The van der Waals surface area contributed by atoms with E-state index in [1.165, 1.54) is 20.3 Å². The second kappa shape index (κ2) is 7.40. The molecule has 2 heterocycles. The van der Waals surface area contributed by atoms with Gasteiger partial charge in [-0.2, -0.15) is 9.97 Å². The molecule has 23 heavy (non-hydrogen) atoms. The van der Waals surface area contributed by atoms with Gasteiger partial charge in [-0.3, -0.25) is 0 Å². The fraction of sp³-hybridized carbons (Fsp3) is 0.643. The van der Waals surface area contributed by atoms with Crippen molar-refractivity contribution in [3.05, 3.63) is 6.07 Å². The molecule has 0 amide bonds. The maximum absolute atomic E-state index is 15.0. The first-order valence-corrected chi connectivity index (χ1v) is 7.11. The minimum Gasteiger partial charge on any atom is -0.481 e. The molecule has 1 aliphatic heterocycles. The predicted octanol–water partition coefficient (Wildman–Crippen LogP) is 0.933. The van der Waals surface area contributed by atoms with E-state index >= 15 is 4.39 Å². The van der Waals surface area contributed by atoms with Crippen molar-refractivity contribution in [2.45, 2.75) is 25.1 Å². The van der Waals surface area contributed by atoms with Crippen LogP contribution in [0.25, 0.3) is 0 Å². The highest BCUT2D eigenvalue weighted by atomic mass is 19.1. The zero-order valence-electron chi connectivity index (χ0n) is 13.2. The van der Waals surface area contributed by atoms with Gasteiger partial charge in [-0.1, -0.05) is 0 Å². The van der Waals surface area contributed by atoms with E-state index in [1.54, 1.807) is 6.92 Å². The SMILES string of the molecule is CCOC(=O)C1(F)COCCC1Oc1nc(OC)cc(OC)n1. The topological polar surface area (TPSA) is 89.0 Å². The Kier molecular flexibility index (Phi) is 5.54. The molecule has 2 unspecified atom stereocenters. The van der Waals surface area contributed by atoms with Gasteiger partial charge in [0.2, 0.25) is 11.8 Å². The molecule has 1 aromatic heterocycles. The van der Waals surface area contributed by atoms with Crippen molar-refractivity contribution in [1.82, 2.24) is 9.97 Å². The van der Waals surface area contributed by atoms with Crippen LogP contribution in [-0.4, -0.2) is 61.8 Å². The van der Waals surface area contributed by atoms with Gasteiger partial charge in [0.1, 0.15) is 0 Å². The fourth-order valence-corrected chi connectivity index (χ4v) is 2.10. The van der Waals surface area contributed by atoms with Gasteiger partial charge in [-0.25, -0.2) is 9.18 Å². The third kappa shape index (κ3) is 3.79. The number of nitrogens with zero attached hydrogens (tertiary/aromatic N) is 2. The van der Waals surface area contributed by atoms with Crippen LogP contribution in [0.1, 0.15) is 13.3 Å². The average molecular weight is 330 g/mol. The Morgan fingerprint density at radius 3 is 2.61 bits per heavy atom. The maximum atomic E-state index is 15.0. The number of carbonyl (C=O) groups excluding carboxylic acids is 1. The van der Waals surface area contributed by atoms with Gasteiger partial charge in [0.25, 0.3) is 5.67 Å². The van der Waals surface area contributed by atoms with Crippen LogP contribution >= 0.6 is 0 Å². The number of alkyl halides is 1. The second-order valence-corrected chi connectivity index (χ2v) is 4.77. The van der Waals surface area contributed by atoms with E-state index < -0.39 is 24.3 Å². The maximum Gasteiger partial charge on any atom is 0.350 e. The van der Waals surface area contributed by atoms with E-state index in [-0.39, 0.29) is 37.4 Å². The van der Waals surface area contributed by atoms with Crippen LogP contribution in [0, 0.1) is 0 Å². The molecule has 0 aromatic carbocycles. The normalized spacial score (nSPS) is 23.9. The zero-order chi connectivity index (χ0) is 16.9. The van der Waals surface area contributed by atoms with Gasteiger partial charge in [0.05, 0.1) is 40.1 Å². The van der Waals surface area contributed by atoms with Crippen molar-refractivity contribution in [3.63, 3.8) is 0 Å². The molecule has 8 nitrogen and oxygen atoms in total. The second-order valence-electron chi connectivity index (χ2n) is 4.77. The molecule has 9 heteroatoms. The van der Waals surface area contributed by atoms with Crippen molar-refractivity contribution >= 4 is 5.97 Å². The molecule has 0 N–H and O–H groups in total. The largest absolute Gasteiger partial charge is 0.481 e. The van der Waals surface area contributed by atoms with Crippen LogP contribution in [0.15, 0.2) is 6.07 Å². The van der Waals surface area contributed by atoms with Gasteiger partial charge in [-0.05, 0) is 6.92 Å². The summed E-state index contributed by atoms with van der Waals surface area (Å²) in [5.41, 5.74) is -2.42. The molecule has 0 radical (unpaired) electrons. The number of rotatable bonds is 6. The standard InChI is InChI=1S/C14H19FN2O6/c1-4-22-12(18)14(15)8-21-6-5-9(14)23-13-16-10(19-2)7-11(17-13)20-3/h7,9H,4-6,8H2,1-3H3. The molecule has 1 fully saturated rings. The third-order valence-electron chi connectivity index (χ3n) is 3.29. The van der Waals surface area contributed by atoms with Crippen LogP contribution in [0.4, 0.5) is 4.39 Å². The van der Waals surface area contributed by atoms with Gasteiger partial charge in [0.15, 0.2) is 6.10 Å². The molecular formula is C14H19FN2O6. The fourth-order valence-electron chi connectivity index (χ4n) is 2.10. The number of ether oxygens (including phenoxy) is 5. The molecule has 0 bridgehead atoms. The number of aromatic nitrogens is 2. The lowest BCUT2D eigenvalue weighted by Crippen LogP contribution is -2.56. The summed E-state index contributed by atoms with van der Waals surface area (Å²) in [6.45, 7) is 1.45. The Labute approximate surface area is 132 Å². The van der Waals surface area contributed by atoms with Crippen molar-refractivity contribution in [3.8, 4) is 17.8 Å². The minimum atomic E-state index is -2.42. The highest BCUT2D eigenvalue weighted by molar-refractivity contribution is 5.80. The molecule has 1 aliphatic rings. The Morgan fingerprint density at radius 2 is 2.04 bits per heavy atom. The first kappa shape index (κ1) is 17.2. The number of esters is 1. The van der Waals surface area contributed by atoms with E-state index in [4.69, 9.17) is 23.7 Å². The van der Waals surface area contributed by atoms with Crippen LogP contribution in [0.5, 0.6) is 17.8 Å². The molecule has 0 spiro atoms. The quantitative estimate of drug-likeness (QED) is 0.712. The third-order valence-corrected chi connectivity index (χ3v) is 3.29. The van der Waals surface area contributed by atoms with Crippen molar-refractivity contribution in [1.29, 1.82) is 0 Å². The summed E-state index contributed by atoms with van der Waals surface area (Å²) >= 11 is 0. The highest BCUT2D eigenvalue weighted by Gasteiger charge is 2.52. The number of carbonyl (C=O) groups is 1. The molecule has 2 rings (SSSR count). The summed E-state index contributed by atoms with van der Waals surface area (Å²) in [6.07, 6.45) is -0.981. The van der Waals surface area contributed by atoms with Crippen molar-refractivity contribution in [2.75, 3.05) is 34.0 Å². The Balaban J connectivity index is 2.23. The molecule has 2 atom stereocenters. The van der Waals surface area contributed by atoms with Gasteiger partial charge >= 0.3 is 12.0 Å². The summed E-state index contributed by atoms with van der Waals surface area (Å²) in [7, 11) is 2.83. The predicted molar refractivity (Wildman–Crippen MR) is 75.5 cm³/mol. The smallest absolute Gasteiger partial charge is 0.350 e. The van der Waals surface area contributed by atoms with Crippen LogP contribution in [-0.2, 0) is 14.3 Å². The summed E-state index contributed by atoms with van der Waals surface area (Å²) in [6, 6.07) is 1.30. The number of hydrogen-bond acceptors (Lipinski definition) is 8. The van der Waals surface area contributed by atoms with Gasteiger partial charge in [-0.15, -0.1) is 0 Å². The number of hydrogen-bond donors (Lipinski definition) is 0. The monoisotopic (exact) mass is 330 g/mol. The first-order valence-electron chi connectivity index (χ1n) is 7.11. The molecular weight excluding hydrogens is 311 g/mol. The Morgan fingerprint density at radius 1 is 1.39 bits per heavy atom. The lowest BCUT2D eigenvalue weighted by atomic mass is 9.95. The van der Waals surface area contributed by atoms with E-state index in [9.17, 15) is 4.79 Å². The molecule has 0 aliphatic carbocycles. The van der Waals surface area contributed by atoms with Crippen molar-refractivity contribution in [2.24, 2.45) is 0 Å². The summed E-state index contributed by atoms with van der Waals surface area (Å²) < 4.78 is 40.4. The molecule has 1 saturated heterocycles. The highest BCUT2D eigenvalue weighted by Crippen LogP contribution is 2.30. The summed E-state index contributed by atoms with van der Waals surface area (Å²) in [5.74, 6) is -0.640. The average Bonchev–Trinajstić information content (AvgIpc) is 2.56. The molecule has 1 aromatic rings. The summed E-state index contributed by atoms with van der Waals surface area (Å²) in [5, 5.41) is 0. The van der Waals surface area contributed by atoms with E-state index in [0.29, 0.717) is 0 Å².